The van der Waals surface area contributed by atoms with Crippen LogP contribution in [0.1, 0.15) is 44.9 Å². The fourth-order valence-corrected chi connectivity index (χ4v) is 3.03. The molecule has 0 aliphatic rings. The van der Waals surface area contributed by atoms with E-state index in [-0.39, 0.29) is 0 Å². The van der Waals surface area contributed by atoms with Gasteiger partial charge >= 0.3 is 0 Å². The second-order valence-electron chi connectivity index (χ2n) is 6.57. The Morgan fingerprint density at radius 1 is 1.12 bits per heavy atom. The summed E-state index contributed by atoms with van der Waals surface area (Å²) in [6.07, 6.45) is 8.31. The Labute approximate surface area is 163 Å². The largest absolute Gasteiger partial charge is 0.382 e. The van der Waals surface area contributed by atoms with Crippen LogP contribution in [0.3, 0.4) is 0 Å². The normalized spacial score (nSPS) is 12.7. The van der Waals surface area contributed by atoms with Crippen molar-refractivity contribution in [2.75, 3.05) is 25.0 Å². The first-order valence-electron chi connectivity index (χ1n) is 9.49. The van der Waals surface area contributed by atoms with Crippen LogP contribution >= 0.6 is 11.6 Å². The molecule has 1 aromatic carbocycles. The van der Waals surface area contributed by atoms with Gasteiger partial charge in [-0.15, -0.1) is 0 Å². The third kappa shape index (κ3) is 7.19. The monoisotopic (exact) mass is 371 g/mol. The maximum atomic E-state index is 5.92. The van der Waals surface area contributed by atoms with Gasteiger partial charge in [0.2, 0.25) is 0 Å². The van der Waals surface area contributed by atoms with Crippen LogP contribution in [0, 0.1) is 0 Å². The van der Waals surface area contributed by atoms with Crippen molar-refractivity contribution < 1.29 is 0 Å². The molecule has 26 heavy (non-hydrogen) atoms. The summed E-state index contributed by atoms with van der Waals surface area (Å²) in [5.41, 5.74) is 3.17. The molecule has 0 unspecified atom stereocenters. The van der Waals surface area contributed by atoms with Crippen LogP contribution in [0.25, 0.3) is 12.2 Å². The average Bonchev–Trinajstić information content (AvgIpc) is 2.65. The standard InChI is InChI=1S/C22H30ClN3/c1-4-26(5-2)16-6-7-18(3)25-22-14-15-24-21(17-22)13-10-19-8-11-20(23)12-9-19/h8-15,17-18H,4-7,16H2,1-3H3,(H,24,25)/b13-10-/t18-/m1/s1. The van der Waals surface area contributed by atoms with Gasteiger partial charge in [0.1, 0.15) is 0 Å². The number of nitrogens with one attached hydrogen (secondary N) is 1. The molecule has 3 nitrogen and oxygen atoms in total. The molecule has 0 spiro atoms. The third-order valence-electron chi connectivity index (χ3n) is 4.52. The van der Waals surface area contributed by atoms with Gasteiger partial charge in [0.25, 0.3) is 0 Å². The molecular formula is C22H30ClN3. The van der Waals surface area contributed by atoms with Gasteiger partial charge in [-0.05, 0) is 75.3 Å². The Morgan fingerprint density at radius 3 is 2.54 bits per heavy atom. The SMILES string of the molecule is CCN(CC)CCC[C@@H](C)Nc1ccnc(/C=C\c2ccc(Cl)cc2)c1. The van der Waals surface area contributed by atoms with E-state index in [4.69, 9.17) is 11.6 Å². The molecule has 1 atom stereocenters. The summed E-state index contributed by atoms with van der Waals surface area (Å²) in [5.74, 6) is 0. The molecule has 1 heterocycles. The van der Waals surface area contributed by atoms with Crippen molar-refractivity contribution in [2.45, 2.75) is 39.7 Å². The van der Waals surface area contributed by atoms with Crippen molar-refractivity contribution in [3.05, 3.63) is 58.9 Å². The molecule has 0 fully saturated rings. The fraction of sp³-hybridized carbons (Fsp3) is 0.409. The molecule has 0 saturated heterocycles. The molecule has 0 bridgehead atoms. The molecule has 1 N–H and O–H groups in total. The van der Waals surface area contributed by atoms with Crippen LogP contribution in [-0.2, 0) is 0 Å². The van der Waals surface area contributed by atoms with Crippen molar-refractivity contribution in [3.63, 3.8) is 0 Å². The second kappa shape index (κ2) is 11.0. The quantitative estimate of drug-likeness (QED) is 0.569. The van der Waals surface area contributed by atoms with E-state index in [1.54, 1.807) is 0 Å². The molecule has 2 aromatic rings. The minimum Gasteiger partial charge on any atom is -0.382 e. The maximum Gasteiger partial charge on any atom is 0.0650 e. The molecule has 4 heteroatoms. The number of aromatic nitrogens is 1. The van der Waals surface area contributed by atoms with Crippen molar-refractivity contribution in [1.82, 2.24) is 9.88 Å². The van der Waals surface area contributed by atoms with E-state index in [2.05, 4.69) is 48.1 Å². The summed E-state index contributed by atoms with van der Waals surface area (Å²) in [6, 6.07) is 12.4. The molecule has 0 saturated carbocycles. The second-order valence-corrected chi connectivity index (χ2v) is 7.01. The van der Waals surface area contributed by atoms with E-state index in [1.807, 2.05) is 42.6 Å². The Morgan fingerprint density at radius 2 is 1.85 bits per heavy atom. The van der Waals surface area contributed by atoms with Crippen molar-refractivity contribution in [1.29, 1.82) is 0 Å². The lowest BCUT2D eigenvalue weighted by molar-refractivity contribution is 0.295. The molecular weight excluding hydrogens is 342 g/mol. The fourth-order valence-electron chi connectivity index (χ4n) is 2.90. The van der Waals surface area contributed by atoms with Gasteiger partial charge in [0.15, 0.2) is 0 Å². The highest BCUT2D eigenvalue weighted by atomic mass is 35.5. The first kappa shape index (κ1) is 20.5. The highest BCUT2D eigenvalue weighted by molar-refractivity contribution is 6.30. The average molecular weight is 372 g/mol. The summed E-state index contributed by atoms with van der Waals surface area (Å²) in [4.78, 5) is 6.90. The highest BCUT2D eigenvalue weighted by Crippen LogP contribution is 2.15. The van der Waals surface area contributed by atoms with Crippen LogP contribution in [0.4, 0.5) is 5.69 Å². The Kier molecular flexibility index (Phi) is 8.66. The van der Waals surface area contributed by atoms with Gasteiger partial charge in [0.05, 0.1) is 5.69 Å². The molecule has 0 amide bonds. The number of benzene rings is 1. The number of rotatable bonds is 10. The molecule has 2 rings (SSSR count). The van der Waals surface area contributed by atoms with Gasteiger partial charge < -0.3 is 10.2 Å². The van der Waals surface area contributed by atoms with Gasteiger partial charge in [-0.1, -0.05) is 43.7 Å². The van der Waals surface area contributed by atoms with E-state index in [1.165, 1.54) is 13.0 Å². The Hall–Kier alpha value is -1.84. The minimum atomic E-state index is 0.445. The number of hydrogen-bond acceptors (Lipinski definition) is 3. The van der Waals surface area contributed by atoms with Gasteiger partial charge in [0, 0.05) is 22.9 Å². The van der Waals surface area contributed by atoms with Gasteiger partial charge in [-0.3, -0.25) is 4.98 Å². The highest BCUT2D eigenvalue weighted by Gasteiger charge is 2.05. The van der Waals surface area contributed by atoms with Crippen molar-refractivity contribution in [3.8, 4) is 0 Å². The summed E-state index contributed by atoms with van der Waals surface area (Å²) in [6.45, 7) is 10.1. The molecule has 1 aromatic heterocycles. The predicted octanol–water partition coefficient (Wildman–Crippen LogP) is 5.83. The zero-order chi connectivity index (χ0) is 18.8. The summed E-state index contributed by atoms with van der Waals surface area (Å²) in [7, 11) is 0. The van der Waals surface area contributed by atoms with Gasteiger partial charge in [-0.2, -0.15) is 0 Å². The number of halogens is 1. The van der Waals surface area contributed by atoms with E-state index in [0.717, 1.165) is 41.5 Å². The molecule has 0 aliphatic heterocycles. The van der Waals surface area contributed by atoms with Crippen LogP contribution in [0.5, 0.6) is 0 Å². The first-order valence-corrected chi connectivity index (χ1v) is 9.87. The zero-order valence-corrected chi connectivity index (χ0v) is 16.8. The van der Waals surface area contributed by atoms with Gasteiger partial charge in [-0.25, -0.2) is 0 Å². The smallest absolute Gasteiger partial charge is 0.0650 e. The topological polar surface area (TPSA) is 28.2 Å². The first-order chi connectivity index (χ1) is 12.6. The van der Waals surface area contributed by atoms with E-state index >= 15 is 0 Å². The molecule has 0 radical (unpaired) electrons. The number of hydrogen-bond donors (Lipinski definition) is 1. The molecule has 140 valence electrons. The van der Waals surface area contributed by atoms with Crippen molar-refractivity contribution in [2.24, 2.45) is 0 Å². The zero-order valence-electron chi connectivity index (χ0n) is 16.1. The summed E-state index contributed by atoms with van der Waals surface area (Å²) in [5, 5.41) is 4.34. The predicted molar refractivity (Wildman–Crippen MR) is 115 cm³/mol. The van der Waals surface area contributed by atoms with E-state index < -0.39 is 0 Å². The maximum absolute atomic E-state index is 5.92. The lowest BCUT2D eigenvalue weighted by atomic mass is 10.1. The number of pyridine rings is 1. The summed E-state index contributed by atoms with van der Waals surface area (Å²) >= 11 is 5.92. The van der Waals surface area contributed by atoms with E-state index in [0.29, 0.717) is 6.04 Å². The summed E-state index contributed by atoms with van der Waals surface area (Å²) < 4.78 is 0. The van der Waals surface area contributed by atoms with Crippen LogP contribution in [0.15, 0.2) is 42.6 Å². The third-order valence-corrected chi connectivity index (χ3v) is 4.77. The van der Waals surface area contributed by atoms with Crippen LogP contribution < -0.4 is 5.32 Å². The number of nitrogens with zero attached hydrogens (tertiary/aromatic N) is 2. The van der Waals surface area contributed by atoms with Crippen LogP contribution in [-0.4, -0.2) is 35.6 Å². The van der Waals surface area contributed by atoms with E-state index in [9.17, 15) is 0 Å². The number of anilines is 1. The Balaban J connectivity index is 1.86. The minimum absolute atomic E-state index is 0.445. The lowest BCUT2D eigenvalue weighted by Gasteiger charge is -2.20. The molecule has 0 aliphatic carbocycles. The Bertz CT molecular complexity index is 678. The van der Waals surface area contributed by atoms with Crippen LogP contribution in [0.2, 0.25) is 5.02 Å². The lowest BCUT2D eigenvalue weighted by Crippen LogP contribution is -2.25. The van der Waals surface area contributed by atoms with Crippen molar-refractivity contribution >= 4 is 29.4 Å².